The molecule has 2 N–H and O–H groups in total. The predicted octanol–water partition coefficient (Wildman–Crippen LogP) is 2.02. The van der Waals surface area contributed by atoms with Gasteiger partial charge in [0.05, 0.1) is 6.42 Å². The second-order valence-corrected chi connectivity index (χ2v) is 3.45. The van der Waals surface area contributed by atoms with Crippen molar-refractivity contribution in [2.24, 2.45) is 0 Å². The molecule has 0 atom stereocenters. The lowest BCUT2D eigenvalue weighted by atomic mass is 10.0. The van der Waals surface area contributed by atoms with Gasteiger partial charge in [0.2, 0.25) is 0 Å². The fraction of sp³-hybridized carbons (Fsp3) is 0.333. The van der Waals surface area contributed by atoms with Gasteiger partial charge >= 0.3 is 5.97 Å². The van der Waals surface area contributed by atoms with E-state index in [0.717, 1.165) is 23.6 Å². The number of carboxylic acid groups (broad SMARTS) is 2. The summed E-state index contributed by atoms with van der Waals surface area (Å²) in [6.45, 7) is 5.02. The van der Waals surface area contributed by atoms with Crippen LogP contribution < -0.4 is 0 Å². The van der Waals surface area contributed by atoms with Gasteiger partial charge in [-0.1, -0.05) is 18.2 Å². The molecule has 1 rings (SSSR count). The van der Waals surface area contributed by atoms with Gasteiger partial charge in [-0.3, -0.25) is 9.59 Å². The summed E-state index contributed by atoms with van der Waals surface area (Å²) in [7, 11) is 0. The summed E-state index contributed by atoms with van der Waals surface area (Å²) in [6.07, 6.45) is 0.119. The Labute approximate surface area is 94.5 Å². The Morgan fingerprint density at radius 1 is 1.19 bits per heavy atom. The number of hydrogen-bond acceptors (Lipinski definition) is 2. The van der Waals surface area contributed by atoms with Crippen molar-refractivity contribution in [3.63, 3.8) is 0 Å². The fourth-order valence-corrected chi connectivity index (χ4v) is 1.17. The second kappa shape index (κ2) is 6.61. The largest absolute Gasteiger partial charge is 0.481 e. The Bertz CT molecular complexity index is 379. The minimum Gasteiger partial charge on any atom is -0.481 e. The first-order valence-electron chi connectivity index (χ1n) is 4.81. The zero-order chi connectivity index (χ0) is 12.7. The van der Waals surface area contributed by atoms with Crippen LogP contribution in [0.5, 0.6) is 0 Å². The molecule has 4 nitrogen and oxygen atoms in total. The molecular weight excluding hydrogens is 208 g/mol. The van der Waals surface area contributed by atoms with Crippen molar-refractivity contribution >= 4 is 11.9 Å². The van der Waals surface area contributed by atoms with Crippen LogP contribution in [0.2, 0.25) is 0 Å². The lowest BCUT2D eigenvalue weighted by molar-refractivity contribution is -0.136. The molecule has 4 heteroatoms. The van der Waals surface area contributed by atoms with Gasteiger partial charge in [0, 0.05) is 6.92 Å². The molecular formula is C12H16O4. The summed E-state index contributed by atoms with van der Waals surface area (Å²) in [5.74, 6) is -1.61. The molecule has 0 aliphatic rings. The lowest BCUT2D eigenvalue weighted by Gasteiger charge is -2.04. The standard InChI is InChI=1S/C10H12O2.C2H4O2/c1-7-4-3-5-9(8(7)2)6-10(11)12;1-2(3)4/h3-5H,6H2,1-2H3,(H,11,12);1H3,(H,3,4). The molecule has 0 radical (unpaired) electrons. The summed E-state index contributed by atoms with van der Waals surface area (Å²) in [6, 6.07) is 5.73. The highest BCUT2D eigenvalue weighted by Crippen LogP contribution is 2.12. The lowest BCUT2D eigenvalue weighted by Crippen LogP contribution is -2.02. The van der Waals surface area contributed by atoms with E-state index in [0.29, 0.717) is 0 Å². The molecule has 0 aromatic heterocycles. The van der Waals surface area contributed by atoms with Crippen molar-refractivity contribution in [3.8, 4) is 0 Å². The smallest absolute Gasteiger partial charge is 0.307 e. The third kappa shape index (κ3) is 5.80. The first-order valence-corrected chi connectivity index (χ1v) is 4.81. The number of hydrogen-bond donors (Lipinski definition) is 2. The Hall–Kier alpha value is -1.84. The van der Waals surface area contributed by atoms with Crippen LogP contribution in [0.25, 0.3) is 0 Å². The van der Waals surface area contributed by atoms with Gasteiger partial charge in [0.25, 0.3) is 5.97 Å². The van der Waals surface area contributed by atoms with Crippen LogP contribution in [-0.4, -0.2) is 22.2 Å². The Kier molecular flexibility index (Phi) is 5.85. The van der Waals surface area contributed by atoms with Crippen LogP contribution in [0, 0.1) is 13.8 Å². The number of aryl methyl sites for hydroxylation is 1. The average molecular weight is 224 g/mol. The van der Waals surface area contributed by atoms with Crippen LogP contribution >= 0.6 is 0 Å². The van der Waals surface area contributed by atoms with Crippen molar-refractivity contribution < 1.29 is 19.8 Å². The molecule has 0 unspecified atom stereocenters. The Morgan fingerprint density at radius 3 is 2.12 bits per heavy atom. The highest BCUT2D eigenvalue weighted by Gasteiger charge is 2.04. The van der Waals surface area contributed by atoms with E-state index in [1.165, 1.54) is 0 Å². The van der Waals surface area contributed by atoms with Crippen LogP contribution in [0.15, 0.2) is 18.2 Å². The normalized spacial score (nSPS) is 8.94. The van der Waals surface area contributed by atoms with E-state index < -0.39 is 11.9 Å². The maximum atomic E-state index is 10.4. The molecule has 0 saturated carbocycles. The predicted molar refractivity (Wildman–Crippen MR) is 60.6 cm³/mol. The SMILES string of the molecule is CC(=O)O.Cc1cccc(CC(=O)O)c1C. The van der Waals surface area contributed by atoms with E-state index in [9.17, 15) is 4.79 Å². The topological polar surface area (TPSA) is 74.6 Å². The van der Waals surface area contributed by atoms with E-state index in [4.69, 9.17) is 15.0 Å². The molecule has 0 spiro atoms. The zero-order valence-corrected chi connectivity index (χ0v) is 9.65. The summed E-state index contributed by atoms with van der Waals surface area (Å²) < 4.78 is 0. The quantitative estimate of drug-likeness (QED) is 0.805. The van der Waals surface area contributed by atoms with Gasteiger partial charge in [0.15, 0.2) is 0 Å². The molecule has 1 aromatic carbocycles. The molecule has 16 heavy (non-hydrogen) atoms. The summed E-state index contributed by atoms with van der Waals surface area (Å²) in [4.78, 5) is 19.4. The van der Waals surface area contributed by atoms with Gasteiger partial charge < -0.3 is 10.2 Å². The minimum absolute atomic E-state index is 0.119. The highest BCUT2D eigenvalue weighted by molar-refractivity contribution is 5.70. The molecule has 0 aliphatic heterocycles. The van der Waals surface area contributed by atoms with E-state index in [-0.39, 0.29) is 6.42 Å². The molecule has 0 aliphatic carbocycles. The first-order chi connectivity index (χ1) is 7.34. The van der Waals surface area contributed by atoms with Crippen LogP contribution in [0.3, 0.4) is 0 Å². The molecule has 0 amide bonds. The van der Waals surface area contributed by atoms with Gasteiger partial charge in [0.1, 0.15) is 0 Å². The van der Waals surface area contributed by atoms with Gasteiger partial charge in [-0.2, -0.15) is 0 Å². The van der Waals surface area contributed by atoms with Crippen LogP contribution in [0.4, 0.5) is 0 Å². The van der Waals surface area contributed by atoms with Crippen molar-refractivity contribution in [2.45, 2.75) is 27.2 Å². The van der Waals surface area contributed by atoms with E-state index in [1.54, 1.807) is 0 Å². The number of carboxylic acids is 2. The maximum absolute atomic E-state index is 10.4. The summed E-state index contributed by atoms with van der Waals surface area (Å²) in [5, 5.41) is 16.0. The Balaban J connectivity index is 0.000000487. The van der Waals surface area contributed by atoms with Crippen LogP contribution in [0.1, 0.15) is 23.6 Å². The van der Waals surface area contributed by atoms with Gasteiger partial charge in [-0.15, -0.1) is 0 Å². The van der Waals surface area contributed by atoms with Crippen molar-refractivity contribution in [1.82, 2.24) is 0 Å². The van der Waals surface area contributed by atoms with Crippen molar-refractivity contribution in [1.29, 1.82) is 0 Å². The molecule has 88 valence electrons. The molecule has 0 fully saturated rings. The number of carbonyl (C=O) groups is 2. The van der Waals surface area contributed by atoms with Crippen LogP contribution in [-0.2, 0) is 16.0 Å². The monoisotopic (exact) mass is 224 g/mol. The Morgan fingerprint density at radius 2 is 1.69 bits per heavy atom. The van der Waals surface area contributed by atoms with E-state index in [2.05, 4.69) is 0 Å². The molecule has 0 bridgehead atoms. The first kappa shape index (κ1) is 14.2. The van der Waals surface area contributed by atoms with Crippen molar-refractivity contribution in [2.75, 3.05) is 0 Å². The molecule has 0 heterocycles. The zero-order valence-electron chi connectivity index (χ0n) is 9.65. The highest BCUT2D eigenvalue weighted by atomic mass is 16.4. The minimum atomic E-state index is -0.833. The summed E-state index contributed by atoms with van der Waals surface area (Å²) in [5.41, 5.74) is 3.14. The van der Waals surface area contributed by atoms with E-state index >= 15 is 0 Å². The number of rotatable bonds is 2. The third-order valence-corrected chi connectivity index (χ3v) is 2.06. The maximum Gasteiger partial charge on any atom is 0.307 e. The van der Waals surface area contributed by atoms with Gasteiger partial charge in [-0.25, -0.2) is 0 Å². The summed E-state index contributed by atoms with van der Waals surface area (Å²) >= 11 is 0. The molecule has 0 saturated heterocycles. The fourth-order valence-electron chi connectivity index (χ4n) is 1.17. The third-order valence-electron chi connectivity index (χ3n) is 2.06. The average Bonchev–Trinajstić information content (AvgIpc) is 2.11. The number of benzene rings is 1. The van der Waals surface area contributed by atoms with Gasteiger partial charge in [-0.05, 0) is 30.5 Å². The van der Waals surface area contributed by atoms with E-state index in [1.807, 2.05) is 32.0 Å². The molecule has 1 aromatic rings. The van der Waals surface area contributed by atoms with Crippen molar-refractivity contribution in [3.05, 3.63) is 34.9 Å². The second-order valence-electron chi connectivity index (χ2n) is 3.45. The number of aliphatic carboxylic acids is 2.